The van der Waals surface area contributed by atoms with Gasteiger partial charge in [0, 0.05) is 29.6 Å². The Hall–Kier alpha value is -3.61. The smallest absolute Gasteiger partial charge is 0.162 e. The van der Waals surface area contributed by atoms with Crippen molar-refractivity contribution >= 4 is 5.82 Å². The lowest BCUT2D eigenvalue weighted by atomic mass is 10.0. The van der Waals surface area contributed by atoms with Gasteiger partial charge in [0.2, 0.25) is 0 Å². The summed E-state index contributed by atoms with van der Waals surface area (Å²) in [5.74, 6) is 2.73. The van der Waals surface area contributed by atoms with Crippen molar-refractivity contribution in [3.05, 3.63) is 66.6 Å². The molecule has 0 spiro atoms. The summed E-state index contributed by atoms with van der Waals surface area (Å²) >= 11 is 0. The molecular weight excluding hydrogens is 410 g/mol. The zero-order valence-electron chi connectivity index (χ0n) is 19.0. The number of anilines is 1. The lowest BCUT2D eigenvalue weighted by molar-refractivity contribution is 0.468. The Kier molecular flexibility index (Phi) is 4.89. The lowest BCUT2D eigenvalue weighted by Gasteiger charge is -2.41. The van der Waals surface area contributed by atoms with Crippen molar-refractivity contribution in [2.24, 2.45) is 0 Å². The van der Waals surface area contributed by atoms with E-state index in [1.54, 1.807) is 6.33 Å². The second-order valence-corrected chi connectivity index (χ2v) is 8.92. The van der Waals surface area contributed by atoms with E-state index in [-0.39, 0.29) is 6.04 Å². The van der Waals surface area contributed by atoms with Crippen LogP contribution in [0, 0.1) is 6.92 Å². The van der Waals surface area contributed by atoms with Gasteiger partial charge in [-0.05, 0) is 37.8 Å². The Labute approximate surface area is 193 Å². The first-order valence-corrected chi connectivity index (χ1v) is 11.8. The van der Waals surface area contributed by atoms with E-state index in [9.17, 15) is 0 Å². The van der Waals surface area contributed by atoms with Gasteiger partial charge in [-0.15, -0.1) is 10.2 Å². The van der Waals surface area contributed by atoms with Crippen molar-refractivity contribution in [1.82, 2.24) is 29.7 Å². The van der Waals surface area contributed by atoms with Gasteiger partial charge in [0.15, 0.2) is 17.5 Å². The summed E-state index contributed by atoms with van der Waals surface area (Å²) in [6, 6.07) is 13.0. The Morgan fingerprint density at radius 2 is 1.82 bits per heavy atom. The zero-order valence-corrected chi connectivity index (χ0v) is 19.0. The van der Waals surface area contributed by atoms with Crippen LogP contribution in [-0.2, 0) is 0 Å². The topological polar surface area (TPSA) is 72.6 Å². The maximum Gasteiger partial charge on any atom is 0.162 e. The third kappa shape index (κ3) is 3.22. The fourth-order valence-corrected chi connectivity index (χ4v) is 5.48. The van der Waals surface area contributed by atoms with Crippen LogP contribution < -0.4 is 4.90 Å². The molecule has 166 valence electrons. The number of hydrogen-bond acceptors (Lipinski definition) is 6. The molecular formula is C26H27N7. The molecule has 1 fully saturated rings. The first-order valence-electron chi connectivity index (χ1n) is 11.8. The summed E-state index contributed by atoms with van der Waals surface area (Å²) in [5, 5.41) is 8.77. The number of rotatable bonds is 4. The Morgan fingerprint density at radius 1 is 1.00 bits per heavy atom. The van der Waals surface area contributed by atoms with Gasteiger partial charge in [0.25, 0.3) is 0 Å². The Morgan fingerprint density at radius 3 is 2.61 bits per heavy atom. The van der Waals surface area contributed by atoms with Crippen LogP contribution in [0.4, 0.5) is 5.82 Å². The fourth-order valence-electron chi connectivity index (χ4n) is 5.48. The molecule has 33 heavy (non-hydrogen) atoms. The van der Waals surface area contributed by atoms with Gasteiger partial charge in [-0.3, -0.25) is 9.55 Å². The van der Waals surface area contributed by atoms with Crippen LogP contribution in [0.1, 0.15) is 56.6 Å². The summed E-state index contributed by atoms with van der Waals surface area (Å²) in [7, 11) is 0. The maximum absolute atomic E-state index is 5.24. The van der Waals surface area contributed by atoms with Crippen LogP contribution in [0.2, 0.25) is 0 Å². The van der Waals surface area contributed by atoms with Crippen LogP contribution in [-0.4, -0.2) is 35.8 Å². The Bertz CT molecular complexity index is 1290. The summed E-state index contributed by atoms with van der Waals surface area (Å²) in [6.45, 7) is 4.29. The second-order valence-electron chi connectivity index (χ2n) is 8.92. The predicted octanol–water partition coefficient (Wildman–Crippen LogP) is 5.31. The maximum atomic E-state index is 5.24. The van der Waals surface area contributed by atoms with Crippen LogP contribution in [0.25, 0.3) is 28.2 Å². The van der Waals surface area contributed by atoms with Gasteiger partial charge in [-0.2, -0.15) is 0 Å². The number of aromatic nitrogens is 6. The highest BCUT2D eigenvalue weighted by atomic mass is 15.4. The molecule has 1 atom stereocenters. The van der Waals surface area contributed by atoms with Crippen molar-refractivity contribution in [3.63, 3.8) is 0 Å². The average Bonchev–Trinajstić information content (AvgIpc) is 3.56. The van der Waals surface area contributed by atoms with Crippen molar-refractivity contribution in [2.45, 2.75) is 58.0 Å². The molecule has 1 aliphatic carbocycles. The molecule has 3 aromatic heterocycles. The SMILES string of the molecule is CC[C@@H]1c2nncn2-c2c(C)nc(-c3ccncc3-c3ccccc3)nc2N1C1CCCC1. The predicted molar refractivity (Wildman–Crippen MR) is 128 cm³/mol. The van der Waals surface area contributed by atoms with E-state index >= 15 is 0 Å². The van der Waals surface area contributed by atoms with Crippen LogP contribution in [0.5, 0.6) is 0 Å². The summed E-state index contributed by atoms with van der Waals surface area (Å²) in [4.78, 5) is 17.2. The van der Waals surface area contributed by atoms with Crippen molar-refractivity contribution in [2.75, 3.05) is 4.90 Å². The molecule has 0 radical (unpaired) electrons. The number of benzene rings is 1. The number of aryl methyl sites for hydroxylation is 1. The standard InChI is InChI=1S/C26H27N7/c1-3-22-25-31-28-16-32(25)23-17(2)29-24(30-26(23)33(22)19-11-7-8-12-19)20-13-14-27-15-21(20)18-9-5-4-6-10-18/h4-6,9-10,13-16,19,22H,3,7-8,11-12H2,1-2H3/t22-/m1/s1. The van der Waals surface area contributed by atoms with Gasteiger partial charge in [0.05, 0.1) is 11.7 Å². The normalized spacial score (nSPS) is 17.8. The molecule has 7 nitrogen and oxygen atoms in total. The molecule has 0 saturated heterocycles. The molecule has 0 amide bonds. The molecule has 1 saturated carbocycles. The second kappa shape index (κ2) is 8.06. The largest absolute Gasteiger partial charge is 0.341 e. The molecule has 1 aliphatic heterocycles. The number of pyridine rings is 1. The number of hydrogen-bond donors (Lipinski definition) is 0. The van der Waals surface area contributed by atoms with E-state index in [1.807, 2.05) is 36.7 Å². The minimum Gasteiger partial charge on any atom is -0.341 e. The minimum atomic E-state index is 0.163. The van der Waals surface area contributed by atoms with Gasteiger partial charge in [0.1, 0.15) is 12.0 Å². The number of fused-ring (bicyclic) bond motifs is 3. The fraction of sp³-hybridized carbons (Fsp3) is 0.346. The van der Waals surface area contributed by atoms with E-state index in [0.717, 1.165) is 52.0 Å². The summed E-state index contributed by atoms with van der Waals surface area (Å²) in [6.07, 6.45) is 11.4. The molecule has 0 N–H and O–H groups in total. The van der Waals surface area contributed by atoms with Gasteiger partial charge in [-0.1, -0.05) is 50.1 Å². The average molecular weight is 438 g/mol. The summed E-state index contributed by atoms with van der Waals surface area (Å²) < 4.78 is 2.10. The van der Waals surface area contributed by atoms with Gasteiger partial charge >= 0.3 is 0 Å². The zero-order chi connectivity index (χ0) is 22.4. The van der Waals surface area contributed by atoms with Crippen molar-refractivity contribution < 1.29 is 0 Å². The molecule has 6 rings (SSSR count). The third-order valence-electron chi connectivity index (χ3n) is 6.98. The first-order chi connectivity index (χ1) is 16.3. The van der Waals surface area contributed by atoms with E-state index < -0.39 is 0 Å². The van der Waals surface area contributed by atoms with Gasteiger partial charge < -0.3 is 4.90 Å². The highest BCUT2D eigenvalue weighted by Gasteiger charge is 2.39. The van der Waals surface area contributed by atoms with E-state index in [2.05, 4.69) is 50.6 Å². The highest BCUT2D eigenvalue weighted by Crippen LogP contribution is 2.44. The molecule has 7 heteroatoms. The molecule has 0 unspecified atom stereocenters. The minimum absolute atomic E-state index is 0.163. The Balaban J connectivity index is 1.57. The van der Waals surface area contributed by atoms with Crippen molar-refractivity contribution in [1.29, 1.82) is 0 Å². The third-order valence-corrected chi connectivity index (χ3v) is 6.98. The van der Waals surface area contributed by atoms with Crippen LogP contribution >= 0.6 is 0 Å². The molecule has 4 aromatic rings. The van der Waals surface area contributed by atoms with E-state index in [0.29, 0.717) is 6.04 Å². The van der Waals surface area contributed by atoms with E-state index in [4.69, 9.17) is 9.97 Å². The molecule has 1 aromatic carbocycles. The molecule has 2 aliphatic rings. The molecule has 4 heterocycles. The van der Waals surface area contributed by atoms with Gasteiger partial charge in [-0.25, -0.2) is 9.97 Å². The lowest BCUT2D eigenvalue weighted by Crippen LogP contribution is -2.42. The highest BCUT2D eigenvalue weighted by molar-refractivity contribution is 5.81. The summed E-state index contributed by atoms with van der Waals surface area (Å²) in [5.41, 5.74) is 5.09. The number of nitrogens with zero attached hydrogens (tertiary/aromatic N) is 7. The van der Waals surface area contributed by atoms with Crippen molar-refractivity contribution in [3.8, 4) is 28.2 Å². The quantitative estimate of drug-likeness (QED) is 0.431. The molecule has 0 bridgehead atoms. The van der Waals surface area contributed by atoms with Crippen LogP contribution in [0.15, 0.2) is 55.1 Å². The van der Waals surface area contributed by atoms with E-state index in [1.165, 1.54) is 25.7 Å². The van der Waals surface area contributed by atoms with Crippen LogP contribution in [0.3, 0.4) is 0 Å². The monoisotopic (exact) mass is 437 g/mol. The first kappa shape index (κ1) is 20.0.